The fourth-order valence-electron chi connectivity index (χ4n) is 4.27. The van der Waals surface area contributed by atoms with Crippen molar-refractivity contribution in [2.75, 3.05) is 6.61 Å². The summed E-state index contributed by atoms with van der Waals surface area (Å²) in [7, 11) is 0. The average Bonchev–Trinajstić information content (AvgIpc) is 2.91. The predicted octanol–water partition coefficient (Wildman–Crippen LogP) is 6.91. The van der Waals surface area contributed by atoms with E-state index in [1.807, 2.05) is 105 Å². The van der Waals surface area contributed by atoms with Crippen LogP contribution in [0, 0.1) is 0 Å². The molecule has 4 rings (SSSR count). The van der Waals surface area contributed by atoms with Crippen LogP contribution in [0.1, 0.15) is 25.0 Å². The number of hydrogen-bond acceptors (Lipinski definition) is 3. The maximum Gasteiger partial charge on any atom is 0.261 e. The van der Waals surface area contributed by atoms with Crippen LogP contribution in [-0.4, -0.2) is 35.4 Å². The molecule has 1 atom stereocenters. The van der Waals surface area contributed by atoms with Gasteiger partial charge in [-0.1, -0.05) is 88.7 Å². The number of carbonyl (C=O) groups excluding carboxylic acids is 2. The van der Waals surface area contributed by atoms with Crippen molar-refractivity contribution in [1.29, 1.82) is 0 Å². The molecule has 2 amide bonds. The fourth-order valence-corrected chi connectivity index (χ4v) is 5.14. The second-order valence-corrected chi connectivity index (χ2v) is 11.1. The highest BCUT2D eigenvalue weighted by Gasteiger charge is 2.31. The lowest BCUT2D eigenvalue weighted by molar-refractivity contribution is -0.143. The molecule has 4 aromatic carbocycles. The number of hydrogen-bond donors (Lipinski definition) is 1. The minimum absolute atomic E-state index is 0.0600. The second-order valence-electron chi connectivity index (χ2n) is 9.40. The summed E-state index contributed by atoms with van der Waals surface area (Å²) in [6.45, 7) is 3.91. The highest BCUT2D eigenvalue weighted by molar-refractivity contribution is 9.11. The molecule has 5 nitrogen and oxygen atoms in total. The predicted molar refractivity (Wildman–Crippen MR) is 159 cm³/mol. The standard InChI is InChI=1S/C31H30Br2N2O3/c1-21(2)34-31(37)27(18-22-8-4-3-5-9-22)35(19-23-12-15-25(32)16-13-23)29(36)20-38-28-17-14-24-10-6-7-11-26(24)30(28)33/h3-17,21,27H,18-20H2,1-2H3,(H,34,37). The molecule has 0 radical (unpaired) electrons. The molecule has 1 unspecified atom stereocenters. The summed E-state index contributed by atoms with van der Waals surface area (Å²) in [6.07, 6.45) is 0.390. The lowest BCUT2D eigenvalue weighted by Crippen LogP contribution is -2.52. The number of halogens is 2. The van der Waals surface area contributed by atoms with Crippen LogP contribution in [0.5, 0.6) is 5.75 Å². The number of nitrogens with zero attached hydrogens (tertiary/aromatic N) is 1. The lowest BCUT2D eigenvalue weighted by atomic mass is 10.0. The van der Waals surface area contributed by atoms with Crippen LogP contribution >= 0.6 is 31.9 Å². The molecule has 196 valence electrons. The summed E-state index contributed by atoms with van der Waals surface area (Å²) >= 11 is 7.10. The zero-order valence-electron chi connectivity index (χ0n) is 21.4. The van der Waals surface area contributed by atoms with Crippen molar-refractivity contribution in [2.45, 2.75) is 38.9 Å². The molecular formula is C31H30Br2N2O3. The first-order chi connectivity index (χ1) is 18.3. The third-order valence-corrected chi connectivity index (χ3v) is 7.49. The Morgan fingerprint density at radius 3 is 2.24 bits per heavy atom. The number of carbonyl (C=O) groups is 2. The Bertz CT molecular complexity index is 1390. The van der Waals surface area contributed by atoms with E-state index in [-0.39, 0.29) is 31.0 Å². The van der Waals surface area contributed by atoms with Gasteiger partial charge in [0.25, 0.3) is 5.91 Å². The number of ether oxygens (including phenoxy) is 1. The molecule has 38 heavy (non-hydrogen) atoms. The Morgan fingerprint density at radius 2 is 1.53 bits per heavy atom. The van der Waals surface area contributed by atoms with E-state index in [2.05, 4.69) is 37.2 Å². The SMILES string of the molecule is CC(C)NC(=O)C(Cc1ccccc1)N(Cc1ccc(Br)cc1)C(=O)COc1ccc2ccccc2c1Br. The Balaban J connectivity index is 1.63. The van der Waals surface area contributed by atoms with E-state index in [1.54, 1.807) is 4.90 Å². The van der Waals surface area contributed by atoms with E-state index in [0.29, 0.717) is 12.2 Å². The molecular weight excluding hydrogens is 608 g/mol. The summed E-state index contributed by atoms with van der Waals surface area (Å²) in [5.41, 5.74) is 1.90. The smallest absolute Gasteiger partial charge is 0.261 e. The minimum Gasteiger partial charge on any atom is -0.483 e. The lowest BCUT2D eigenvalue weighted by Gasteiger charge is -2.32. The van der Waals surface area contributed by atoms with Crippen LogP contribution in [0.3, 0.4) is 0 Å². The first-order valence-electron chi connectivity index (χ1n) is 12.5. The van der Waals surface area contributed by atoms with Crippen molar-refractivity contribution in [3.8, 4) is 5.75 Å². The van der Waals surface area contributed by atoms with E-state index in [9.17, 15) is 9.59 Å². The van der Waals surface area contributed by atoms with Gasteiger partial charge in [0.15, 0.2) is 6.61 Å². The van der Waals surface area contributed by atoms with Crippen molar-refractivity contribution in [3.05, 3.63) is 111 Å². The molecule has 7 heteroatoms. The number of nitrogens with one attached hydrogen (secondary N) is 1. The third kappa shape index (κ3) is 7.23. The molecule has 0 bridgehead atoms. The zero-order chi connectivity index (χ0) is 27.1. The van der Waals surface area contributed by atoms with E-state index < -0.39 is 6.04 Å². The Labute approximate surface area is 240 Å². The Hall–Kier alpha value is -3.16. The molecule has 0 aliphatic carbocycles. The summed E-state index contributed by atoms with van der Waals surface area (Å²) in [5, 5.41) is 5.08. The van der Waals surface area contributed by atoms with Crippen LogP contribution in [0.2, 0.25) is 0 Å². The quantitative estimate of drug-likeness (QED) is 0.206. The normalized spacial score (nSPS) is 11.8. The van der Waals surface area contributed by atoms with Gasteiger partial charge in [0, 0.05) is 23.5 Å². The van der Waals surface area contributed by atoms with E-state index in [1.165, 1.54) is 0 Å². The molecule has 1 N–H and O–H groups in total. The van der Waals surface area contributed by atoms with Gasteiger partial charge in [-0.15, -0.1) is 0 Å². The van der Waals surface area contributed by atoms with Crippen molar-refractivity contribution in [1.82, 2.24) is 10.2 Å². The molecule has 4 aromatic rings. The largest absolute Gasteiger partial charge is 0.483 e. The van der Waals surface area contributed by atoms with Crippen LogP contribution < -0.4 is 10.1 Å². The first-order valence-corrected chi connectivity index (χ1v) is 14.1. The van der Waals surface area contributed by atoms with Gasteiger partial charge in [0.05, 0.1) is 4.47 Å². The molecule has 0 aliphatic rings. The number of amides is 2. The molecule has 0 saturated carbocycles. The maximum atomic E-state index is 13.8. The van der Waals surface area contributed by atoms with Gasteiger partial charge in [-0.3, -0.25) is 9.59 Å². The van der Waals surface area contributed by atoms with Gasteiger partial charge in [-0.25, -0.2) is 0 Å². The number of benzene rings is 4. The third-order valence-electron chi connectivity index (χ3n) is 6.15. The van der Waals surface area contributed by atoms with E-state index in [4.69, 9.17) is 4.74 Å². The molecule has 0 fully saturated rings. The summed E-state index contributed by atoms with van der Waals surface area (Å²) < 4.78 is 7.77. The fraction of sp³-hybridized carbons (Fsp3) is 0.226. The highest BCUT2D eigenvalue weighted by atomic mass is 79.9. The summed E-state index contributed by atoms with van der Waals surface area (Å²) in [4.78, 5) is 28.9. The zero-order valence-corrected chi connectivity index (χ0v) is 24.5. The number of fused-ring (bicyclic) bond motifs is 1. The molecule has 0 aliphatic heterocycles. The highest BCUT2D eigenvalue weighted by Crippen LogP contribution is 2.33. The minimum atomic E-state index is -0.709. The van der Waals surface area contributed by atoms with Gasteiger partial charge in [-0.2, -0.15) is 0 Å². The summed E-state index contributed by atoms with van der Waals surface area (Å²) in [6, 6.07) is 28.5. The molecule has 0 saturated heterocycles. The van der Waals surface area contributed by atoms with Gasteiger partial charge in [0.1, 0.15) is 11.8 Å². The molecule has 0 spiro atoms. The monoisotopic (exact) mass is 636 g/mol. The number of rotatable bonds is 10. The topological polar surface area (TPSA) is 58.6 Å². The van der Waals surface area contributed by atoms with E-state index in [0.717, 1.165) is 30.8 Å². The van der Waals surface area contributed by atoms with Crippen molar-refractivity contribution >= 4 is 54.4 Å². The van der Waals surface area contributed by atoms with Crippen LogP contribution in [-0.2, 0) is 22.6 Å². The van der Waals surface area contributed by atoms with Gasteiger partial charge in [0.2, 0.25) is 5.91 Å². The van der Waals surface area contributed by atoms with Gasteiger partial charge < -0.3 is 15.0 Å². The Morgan fingerprint density at radius 1 is 0.842 bits per heavy atom. The van der Waals surface area contributed by atoms with Crippen LogP contribution in [0.4, 0.5) is 0 Å². The molecule has 0 heterocycles. The first kappa shape index (κ1) is 27.9. The summed E-state index contributed by atoms with van der Waals surface area (Å²) in [5.74, 6) is 0.112. The van der Waals surface area contributed by atoms with Crippen LogP contribution in [0.15, 0.2) is 99.9 Å². The van der Waals surface area contributed by atoms with Gasteiger partial charge >= 0.3 is 0 Å². The maximum absolute atomic E-state index is 13.8. The molecule has 0 aromatic heterocycles. The van der Waals surface area contributed by atoms with E-state index >= 15 is 0 Å². The van der Waals surface area contributed by atoms with Crippen molar-refractivity contribution < 1.29 is 14.3 Å². The van der Waals surface area contributed by atoms with Crippen molar-refractivity contribution in [2.24, 2.45) is 0 Å². The van der Waals surface area contributed by atoms with Crippen molar-refractivity contribution in [3.63, 3.8) is 0 Å². The Kier molecular flexibility index (Phi) is 9.58. The van der Waals surface area contributed by atoms with Crippen LogP contribution in [0.25, 0.3) is 10.8 Å². The second kappa shape index (κ2) is 13.1. The van der Waals surface area contributed by atoms with Gasteiger partial charge in [-0.05, 0) is 69.9 Å². The average molecular weight is 638 g/mol.